The first-order valence-corrected chi connectivity index (χ1v) is 5.77. The van der Waals surface area contributed by atoms with Crippen LogP contribution in [-0.4, -0.2) is 9.97 Å². The zero-order chi connectivity index (χ0) is 14.1. The fourth-order valence-electron chi connectivity index (χ4n) is 1.84. The number of fused-ring (bicyclic) bond motifs is 1. The topological polar surface area (TPSA) is 61.0 Å². The normalized spacial score (nSPS) is 10.7. The number of hydrogen-bond donors (Lipinski definition) is 1. The average Bonchev–Trinajstić information content (AvgIpc) is 2.45. The van der Waals surface area contributed by atoms with Crippen LogP contribution in [0, 0.1) is 11.6 Å². The average molecular weight is 273 g/mol. The van der Waals surface area contributed by atoms with Gasteiger partial charge in [0.2, 0.25) is 0 Å². The van der Waals surface area contributed by atoms with Crippen molar-refractivity contribution in [2.45, 2.75) is 0 Å². The minimum absolute atomic E-state index is 0.304. The molecule has 0 fully saturated rings. The summed E-state index contributed by atoms with van der Waals surface area (Å²) in [5.74, 6) is -1.60. The highest BCUT2D eigenvalue weighted by atomic mass is 19.1. The van der Waals surface area contributed by atoms with Crippen LogP contribution in [0.4, 0.5) is 14.5 Å². The molecule has 3 aromatic rings. The number of anilines is 1. The standard InChI is InChI=1S/C14H9F2N3O/c15-8-6-10(16)14(19-7-8)20-12-4-3-11(17)13-9(12)2-1-5-18-13/h1-7H,17H2. The van der Waals surface area contributed by atoms with Gasteiger partial charge in [0.1, 0.15) is 11.6 Å². The van der Waals surface area contributed by atoms with Crippen LogP contribution < -0.4 is 10.5 Å². The summed E-state index contributed by atoms with van der Waals surface area (Å²) in [6.45, 7) is 0. The minimum atomic E-state index is -0.876. The quantitative estimate of drug-likeness (QED) is 0.728. The lowest BCUT2D eigenvalue weighted by Crippen LogP contribution is -1.96. The number of nitrogens with two attached hydrogens (primary N) is 1. The molecule has 0 saturated carbocycles. The van der Waals surface area contributed by atoms with Crippen LogP contribution in [0.3, 0.4) is 0 Å². The summed E-state index contributed by atoms with van der Waals surface area (Å²) < 4.78 is 31.7. The maximum Gasteiger partial charge on any atom is 0.256 e. The Labute approximate surface area is 112 Å². The number of nitrogens with zero attached hydrogens (tertiary/aromatic N) is 2. The molecule has 2 heterocycles. The lowest BCUT2D eigenvalue weighted by molar-refractivity contribution is 0.420. The Balaban J connectivity index is 2.09. The molecular formula is C14H9F2N3O. The first-order valence-electron chi connectivity index (χ1n) is 5.77. The molecule has 100 valence electrons. The Morgan fingerprint density at radius 3 is 2.75 bits per heavy atom. The molecule has 6 heteroatoms. The van der Waals surface area contributed by atoms with Crippen LogP contribution >= 0.6 is 0 Å². The molecule has 4 nitrogen and oxygen atoms in total. The van der Waals surface area contributed by atoms with Crippen molar-refractivity contribution in [3.05, 3.63) is 54.4 Å². The number of hydrogen-bond acceptors (Lipinski definition) is 4. The molecule has 2 aromatic heterocycles. The van der Waals surface area contributed by atoms with Gasteiger partial charge >= 0.3 is 0 Å². The van der Waals surface area contributed by atoms with Gasteiger partial charge in [0, 0.05) is 17.6 Å². The number of rotatable bonds is 2. The third kappa shape index (κ3) is 2.11. The highest BCUT2D eigenvalue weighted by Crippen LogP contribution is 2.32. The van der Waals surface area contributed by atoms with Gasteiger partial charge in [0.25, 0.3) is 5.88 Å². The molecule has 1 aromatic carbocycles. The second kappa shape index (κ2) is 4.73. The molecule has 0 aliphatic rings. The van der Waals surface area contributed by atoms with E-state index in [4.69, 9.17) is 10.5 Å². The molecule has 0 unspecified atom stereocenters. The summed E-state index contributed by atoms with van der Waals surface area (Å²) in [5.41, 5.74) is 6.85. The number of aromatic nitrogens is 2. The van der Waals surface area contributed by atoms with E-state index < -0.39 is 11.6 Å². The fraction of sp³-hybridized carbons (Fsp3) is 0. The van der Waals surface area contributed by atoms with E-state index in [1.54, 1.807) is 30.5 Å². The van der Waals surface area contributed by atoms with Crippen LogP contribution in [0.25, 0.3) is 10.9 Å². The maximum atomic E-state index is 13.5. The molecule has 3 rings (SSSR count). The first-order chi connectivity index (χ1) is 9.65. The van der Waals surface area contributed by atoms with Crippen molar-refractivity contribution in [1.29, 1.82) is 0 Å². The number of ether oxygens (including phenoxy) is 1. The molecule has 0 radical (unpaired) electrons. The van der Waals surface area contributed by atoms with E-state index in [0.29, 0.717) is 28.4 Å². The van der Waals surface area contributed by atoms with Crippen molar-refractivity contribution >= 4 is 16.6 Å². The Morgan fingerprint density at radius 2 is 1.95 bits per heavy atom. The number of nitrogen functional groups attached to an aromatic ring is 1. The molecule has 0 saturated heterocycles. The van der Waals surface area contributed by atoms with E-state index >= 15 is 0 Å². The monoisotopic (exact) mass is 273 g/mol. The second-order valence-electron chi connectivity index (χ2n) is 4.10. The number of pyridine rings is 2. The maximum absolute atomic E-state index is 13.5. The SMILES string of the molecule is Nc1ccc(Oc2ncc(F)cc2F)c2cccnc12. The van der Waals surface area contributed by atoms with E-state index in [2.05, 4.69) is 9.97 Å². The molecule has 20 heavy (non-hydrogen) atoms. The zero-order valence-electron chi connectivity index (χ0n) is 10.2. The van der Waals surface area contributed by atoms with Crippen molar-refractivity contribution in [2.24, 2.45) is 0 Å². The molecular weight excluding hydrogens is 264 g/mol. The summed E-state index contributed by atoms with van der Waals surface area (Å²) in [4.78, 5) is 7.72. The smallest absolute Gasteiger partial charge is 0.256 e. The van der Waals surface area contributed by atoms with E-state index in [1.165, 1.54) is 0 Å². The van der Waals surface area contributed by atoms with Gasteiger partial charge < -0.3 is 10.5 Å². The molecule has 2 N–H and O–H groups in total. The first kappa shape index (κ1) is 12.3. The number of halogens is 2. The lowest BCUT2D eigenvalue weighted by atomic mass is 10.2. The molecule has 0 atom stereocenters. The van der Waals surface area contributed by atoms with E-state index in [9.17, 15) is 8.78 Å². The molecule has 0 amide bonds. The zero-order valence-corrected chi connectivity index (χ0v) is 10.2. The van der Waals surface area contributed by atoms with Crippen LogP contribution in [0.1, 0.15) is 0 Å². The second-order valence-corrected chi connectivity index (χ2v) is 4.10. The van der Waals surface area contributed by atoms with Gasteiger partial charge in [-0.3, -0.25) is 4.98 Å². The van der Waals surface area contributed by atoms with Crippen LogP contribution in [0.15, 0.2) is 42.7 Å². The lowest BCUT2D eigenvalue weighted by Gasteiger charge is -2.09. The largest absolute Gasteiger partial charge is 0.436 e. The Hall–Kier alpha value is -2.76. The van der Waals surface area contributed by atoms with E-state index in [-0.39, 0.29) is 5.88 Å². The highest BCUT2D eigenvalue weighted by Gasteiger charge is 2.11. The van der Waals surface area contributed by atoms with Gasteiger partial charge in [-0.2, -0.15) is 0 Å². The summed E-state index contributed by atoms with van der Waals surface area (Å²) in [7, 11) is 0. The molecule has 0 aliphatic carbocycles. The summed E-state index contributed by atoms with van der Waals surface area (Å²) >= 11 is 0. The van der Waals surface area contributed by atoms with Crippen molar-refractivity contribution in [3.8, 4) is 11.6 Å². The Kier molecular flexibility index (Phi) is 2.90. The van der Waals surface area contributed by atoms with Crippen molar-refractivity contribution in [3.63, 3.8) is 0 Å². The molecule has 0 spiro atoms. The van der Waals surface area contributed by atoms with E-state index in [0.717, 1.165) is 6.20 Å². The van der Waals surface area contributed by atoms with Crippen molar-refractivity contribution in [1.82, 2.24) is 9.97 Å². The fourth-order valence-corrected chi connectivity index (χ4v) is 1.84. The summed E-state index contributed by atoms with van der Waals surface area (Å²) in [5, 5.41) is 0.623. The van der Waals surface area contributed by atoms with Gasteiger partial charge in [-0.1, -0.05) is 0 Å². The van der Waals surface area contributed by atoms with Crippen LogP contribution in [-0.2, 0) is 0 Å². The molecule has 0 aliphatic heterocycles. The van der Waals surface area contributed by atoms with Crippen molar-refractivity contribution in [2.75, 3.05) is 5.73 Å². The Bertz CT molecular complexity index is 792. The predicted molar refractivity (Wildman–Crippen MR) is 70.4 cm³/mol. The Morgan fingerprint density at radius 1 is 1.10 bits per heavy atom. The van der Waals surface area contributed by atoms with E-state index in [1.807, 2.05) is 0 Å². The van der Waals surface area contributed by atoms with Gasteiger partial charge in [-0.25, -0.2) is 13.8 Å². The third-order valence-electron chi connectivity index (χ3n) is 2.74. The van der Waals surface area contributed by atoms with Crippen LogP contribution in [0.5, 0.6) is 11.6 Å². The summed E-state index contributed by atoms with van der Waals surface area (Å²) in [6.07, 6.45) is 2.48. The third-order valence-corrected chi connectivity index (χ3v) is 2.74. The van der Waals surface area contributed by atoms with Gasteiger partial charge in [-0.05, 0) is 24.3 Å². The van der Waals surface area contributed by atoms with Gasteiger partial charge in [0.15, 0.2) is 5.82 Å². The summed E-state index contributed by atoms with van der Waals surface area (Å²) in [6, 6.07) is 7.36. The number of benzene rings is 1. The predicted octanol–water partition coefficient (Wildman–Crippen LogP) is 3.28. The molecule has 0 bridgehead atoms. The van der Waals surface area contributed by atoms with Crippen LogP contribution in [0.2, 0.25) is 0 Å². The van der Waals surface area contributed by atoms with Crippen molar-refractivity contribution < 1.29 is 13.5 Å². The van der Waals surface area contributed by atoms with Gasteiger partial charge in [0.05, 0.1) is 17.4 Å². The van der Waals surface area contributed by atoms with Gasteiger partial charge in [-0.15, -0.1) is 0 Å². The highest BCUT2D eigenvalue weighted by molar-refractivity contribution is 5.93. The minimum Gasteiger partial charge on any atom is -0.436 e.